The Balaban J connectivity index is 1.87. The minimum Gasteiger partial charge on any atom is -0.469 e. The van der Waals surface area contributed by atoms with E-state index in [1.165, 1.54) is 13.4 Å². The van der Waals surface area contributed by atoms with Crippen molar-refractivity contribution in [3.8, 4) is 5.82 Å². The highest BCUT2D eigenvalue weighted by atomic mass is 16.5. The molecule has 1 aliphatic heterocycles. The molecule has 0 aromatic carbocycles. The predicted octanol–water partition coefficient (Wildman–Crippen LogP) is 1.66. The van der Waals surface area contributed by atoms with Gasteiger partial charge < -0.3 is 15.4 Å². The van der Waals surface area contributed by atoms with Gasteiger partial charge in [-0.05, 0) is 38.7 Å². The molecule has 2 aromatic heterocycles. The number of hydrogen-bond donors (Lipinski definition) is 1. The lowest BCUT2D eigenvalue weighted by molar-refractivity contribution is -0.154. The number of carbonyl (C=O) groups is 1. The Morgan fingerprint density at radius 2 is 2.12 bits per heavy atom. The zero-order chi connectivity index (χ0) is 18.0. The molecule has 0 aliphatic carbocycles. The van der Waals surface area contributed by atoms with E-state index in [9.17, 15) is 4.79 Å². The average molecular weight is 344 g/mol. The summed E-state index contributed by atoms with van der Waals surface area (Å²) in [5, 5.41) is 4.19. The van der Waals surface area contributed by atoms with E-state index in [0.717, 1.165) is 19.4 Å². The van der Waals surface area contributed by atoms with Crippen LogP contribution >= 0.6 is 0 Å². The summed E-state index contributed by atoms with van der Waals surface area (Å²) >= 11 is 0. The molecule has 25 heavy (non-hydrogen) atoms. The largest absolute Gasteiger partial charge is 0.469 e. The summed E-state index contributed by atoms with van der Waals surface area (Å²) in [5.41, 5.74) is 6.26. The second-order valence-corrected chi connectivity index (χ2v) is 6.88. The number of hydrogen-bond acceptors (Lipinski definition) is 7. The Morgan fingerprint density at radius 3 is 2.80 bits per heavy atom. The molecule has 0 radical (unpaired) electrons. The van der Waals surface area contributed by atoms with Gasteiger partial charge in [0.15, 0.2) is 11.6 Å². The zero-order valence-electron chi connectivity index (χ0n) is 14.8. The summed E-state index contributed by atoms with van der Waals surface area (Å²) in [6, 6.07) is 1.82. The van der Waals surface area contributed by atoms with Gasteiger partial charge in [-0.2, -0.15) is 5.10 Å². The van der Waals surface area contributed by atoms with Gasteiger partial charge in [0.2, 0.25) is 0 Å². The molecule has 0 saturated carbocycles. The number of rotatable bonds is 4. The topological polar surface area (TPSA) is 99.2 Å². The lowest BCUT2D eigenvalue weighted by Crippen LogP contribution is -2.45. The lowest BCUT2D eigenvalue weighted by atomic mass is 9.74. The molecule has 1 atom stereocenters. The number of nitrogens with two attached hydrogens (primary N) is 1. The van der Waals surface area contributed by atoms with Crippen LogP contribution in [0.1, 0.15) is 26.7 Å². The number of anilines is 2. The molecule has 1 aliphatic rings. The Bertz CT molecular complexity index is 744. The first-order chi connectivity index (χ1) is 11.9. The zero-order valence-corrected chi connectivity index (χ0v) is 14.8. The van der Waals surface area contributed by atoms with Gasteiger partial charge in [0.05, 0.1) is 12.5 Å². The molecule has 8 nitrogen and oxygen atoms in total. The molecule has 0 spiro atoms. The van der Waals surface area contributed by atoms with Crippen LogP contribution in [0.5, 0.6) is 0 Å². The number of aromatic nitrogens is 4. The van der Waals surface area contributed by atoms with E-state index in [0.29, 0.717) is 23.9 Å². The van der Waals surface area contributed by atoms with Crippen LogP contribution in [-0.2, 0) is 9.53 Å². The van der Waals surface area contributed by atoms with E-state index in [2.05, 4.69) is 20.0 Å². The first kappa shape index (κ1) is 17.2. The number of nitrogens with zero attached hydrogens (tertiary/aromatic N) is 5. The second-order valence-electron chi connectivity index (χ2n) is 6.88. The highest BCUT2D eigenvalue weighted by molar-refractivity contribution is 5.76. The molecule has 0 bridgehead atoms. The summed E-state index contributed by atoms with van der Waals surface area (Å²) in [4.78, 5) is 22.9. The molecule has 2 N–H and O–H groups in total. The van der Waals surface area contributed by atoms with Crippen molar-refractivity contribution in [3.63, 3.8) is 0 Å². The van der Waals surface area contributed by atoms with Crippen LogP contribution in [0.4, 0.5) is 11.5 Å². The fourth-order valence-electron chi connectivity index (χ4n) is 3.39. The third kappa shape index (κ3) is 3.16. The van der Waals surface area contributed by atoms with Crippen molar-refractivity contribution in [2.24, 2.45) is 11.3 Å². The van der Waals surface area contributed by atoms with Gasteiger partial charge in [-0.1, -0.05) is 0 Å². The van der Waals surface area contributed by atoms with Crippen LogP contribution in [0, 0.1) is 11.3 Å². The average Bonchev–Trinajstić information content (AvgIpc) is 3.15. The Kier molecular flexibility index (Phi) is 4.61. The molecule has 3 rings (SSSR count). The fourth-order valence-corrected chi connectivity index (χ4v) is 3.39. The molecule has 134 valence electrons. The summed E-state index contributed by atoms with van der Waals surface area (Å²) in [6.45, 7) is 5.41. The predicted molar refractivity (Wildman–Crippen MR) is 94.3 cm³/mol. The first-order valence-corrected chi connectivity index (χ1v) is 8.39. The third-order valence-corrected chi connectivity index (χ3v) is 5.02. The summed E-state index contributed by atoms with van der Waals surface area (Å²) in [5.74, 6) is 1.22. The summed E-state index contributed by atoms with van der Waals surface area (Å²) in [6.07, 6.45) is 6.90. The molecule has 8 heteroatoms. The first-order valence-electron chi connectivity index (χ1n) is 8.39. The lowest BCUT2D eigenvalue weighted by Gasteiger charge is -2.40. The maximum absolute atomic E-state index is 12.1. The molecule has 1 fully saturated rings. The molecule has 1 unspecified atom stereocenters. The second kappa shape index (κ2) is 6.70. The molecular weight excluding hydrogens is 320 g/mol. The Labute approximate surface area is 147 Å². The van der Waals surface area contributed by atoms with Crippen molar-refractivity contribution in [2.75, 3.05) is 30.8 Å². The van der Waals surface area contributed by atoms with Gasteiger partial charge >= 0.3 is 5.97 Å². The molecule has 3 heterocycles. The maximum Gasteiger partial charge on any atom is 0.311 e. The number of nitrogen functional groups attached to an aromatic ring is 1. The monoisotopic (exact) mass is 344 g/mol. The van der Waals surface area contributed by atoms with E-state index in [-0.39, 0.29) is 11.9 Å². The van der Waals surface area contributed by atoms with Gasteiger partial charge in [0.25, 0.3) is 0 Å². The minimum atomic E-state index is -0.556. The molecular formula is C17H24N6O2. The molecule has 1 saturated heterocycles. The Hall–Kier alpha value is -2.64. The number of piperidine rings is 1. The van der Waals surface area contributed by atoms with E-state index in [1.807, 2.05) is 19.9 Å². The van der Waals surface area contributed by atoms with Crippen molar-refractivity contribution in [3.05, 3.63) is 24.8 Å². The summed E-state index contributed by atoms with van der Waals surface area (Å²) in [7, 11) is 1.43. The molecule has 0 amide bonds. The number of carbonyl (C=O) groups excluding carboxylic acids is 1. The maximum atomic E-state index is 12.1. The smallest absolute Gasteiger partial charge is 0.311 e. The van der Waals surface area contributed by atoms with E-state index < -0.39 is 5.41 Å². The number of esters is 1. The quantitative estimate of drug-likeness (QED) is 0.842. The van der Waals surface area contributed by atoms with Crippen LogP contribution in [-0.4, -0.2) is 45.9 Å². The van der Waals surface area contributed by atoms with Crippen molar-refractivity contribution < 1.29 is 9.53 Å². The van der Waals surface area contributed by atoms with Crippen LogP contribution < -0.4 is 10.6 Å². The Morgan fingerprint density at radius 1 is 1.36 bits per heavy atom. The van der Waals surface area contributed by atoms with Crippen LogP contribution in [0.2, 0.25) is 0 Å². The fraction of sp³-hybridized carbons (Fsp3) is 0.529. The van der Waals surface area contributed by atoms with Gasteiger partial charge in [-0.25, -0.2) is 14.6 Å². The van der Waals surface area contributed by atoms with Gasteiger partial charge in [-0.3, -0.25) is 4.79 Å². The standard InChI is InChI=1S/C17H24N6O2/c1-17(2,16(24)25-3)12-6-4-8-22(10-12)14-13(18)15(20-11-19-14)23-9-5-7-21-23/h5,7,9,11-12H,4,6,8,10,18H2,1-3H3. The van der Waals surface area contributed by atoms with Gasteiger partial charge in [0.1, 0.15) is 12.0 Å². The number of ether oxygens (including phenoxy) is 1. The SMILES string of the molecule is COC(=O)C(C)(C)C1CCCN(c2ncnc(-n3cccn3)c2N)C1. The number of methoxy groups -OCH3 is 1. The van der Waals surface area contributed by atoms with E-state index in [1.54, 1.807) is 17.1 Å². The van der Waals surface area contributed by atoms with Crippen LogP contribution in [0.25, 0.3) is 5.82 Å². The van der Waals surface area contributed by atoms with Crippen LogP contribution in [0.15, 0.2) is 24.8 Å². The van der Waals surface area contributed by atoms with Gasteiger partial charge in [0, 0.05) is 25.5 Å². The van der Waals surface area contributed by atoms with Crippen molar-refractivity contribution >= 4 is 17.5 Å². The summed E-state index contributed by atoms with van der Waals surface area (Å²) < 4.78 is 6.61. The highest BCUT2D eigenvalue weighted by Crippen LogP contribution is 2.37. The minimum absolute atomic E-state index is 0.163. The van der Waals surface area contributed by atoms with E-state index >= 15 is 0 Å². The van der Waals surface area contributed by atoms with Gasteiger partial charge in [-0.15, -0.1) is 0 Å². The van der Waals surface area contributed by atoms with Crippen molar-refractivity contribution in [2.45, 2.75) is 26.7 Å². The van der Waals surface area contributed by atoms with Crippen molar-refractivity contribution in [1.29, 1.82) is 0 Å². The third-order valence-electron chi connectivity index (χ3n) is 5.02. The molecule has 2 aromatic rings. The highest BCUT2D eigenvalue weighted by Gasteiger charge is 2.40. The van der Waals surface area contributed by atoms with Crippen molar-refractivity contribution in [1.82, 2.24) is 19.7 Å². The van der Waals surface area contributed by atoms with E-state index in [4.69, 9.17) is 10.5 Å². The normalized spacial score (nSPS) is 18.2. The van der Waals surface area contributed by atoms with Crippen LogP contribution in [0.3, 0.4) is 0 Å².